The van der Waals surface area contributed by atoms with E-state index in [1.807, 2.05) is 0 Å². The third-order valence-electron chi connectivity index (χ3n) is 8.15. The van der Waals surface area contributed by atoms with Crippen LogP contribution in [-0.2, 0) is 0 Å². The van der Waals surface area contributed by atoms with E-state index < -0.39 is 0 Å². The molecule has 204 valence electrons. The minimum atomic E-state index is 1.04. The standard InChI is InChI=1S/C33H69B/c1-4-7-10-13-16-19-22-25-28-31-34(32-29-26-23-20-17-14-11-8-5-2)33-30-27-24-21-18-15-12-9-6-3/h4-33H2,1-3H3. The van der Waals surface area contributed by atoms with Crippen molar-refractivity contribution in [3.8, 4) is 0 Å². The van der Waals surface area contributed by atoms with Crippen molar-refractivity contribution in [1.82, 2.24) is 0 Å². The quantitative estimate of drug-likeness (QED) is 0.0714. The maximum Gasteiger partial charge on any atom is 0.139 e. The molecule has 0 aliphatic carbocycles. The van der Waals surface area contributed by atoms with Gasteiger partial charge in [-0.2, -0.15) is 0 Å². The highest BCUT2D eigenvalue weighted by Gasteiger charge is 2.12. The molecule has 0 aromatic heterocycles. The summed E-state index contributed by atoms with van der Waals surface area (Å²) in [6, 6.07) is 0. The second kappa shape index (κ2) is 31.1. The van der Waals surface area contributed by atoms with Crippen molar-refractivity contribution in [2.75, 3.05) is 0 Å². The molecule has 0 bridgehead atoms. The van der Waals surface area contributed by atoms with Crippen molar-refractivity contribution in [2.45, 2.75) is 213 Å². The zero-order chi connectivity index (χ0) is 24.8. The molecule has 0 saturated heterocycles. The van der Waals surface area contributed by atoms with E-state index >= 15 is 0 Å². The molecule has 0 heterocycles. The molecule has 0 unspecified atom stereocenters. The summed E-state index contributed by atoms with van der Waals surface area (Å²) in [6.07, 6.45) is 44.3. The molecule has 0 radical (unpaired) electrons. The van der Waals surface area contributed by atoms with Gasteiger partial charge in [-0.25, -0.2) is 0 Å². The second-order valence-corrected chi connectivity index (χ2v) is 11.7. The molecule has 0 saturated carbocycles. The van der Waals surface area contributed by atoms with Gasteiger partial charge in [0.1, 0.15) is 6.71 Å². The minimum Gasteiger partial charge on any atom is -0.0741 e. The van der Waals surface area contributed by atoms with Gasteiger partial charge in [-0.15, -0.1) is 0 Å². The molecule has 0 N–H and O–H groups in total. The predicted molar refractivity (Wildman–Crippen MR) is 162 cm³/mol. The van der Waals surface area contributed by atoms with E-state index in [9.17, 15) is 0 Å². The molecule has 34 heavy (non-hydrogen) atoms. The molecule has 0 spiro atoms. The largest absolute Gasteiger partial charge is 0.139 e. The molecule has 0 atom stereocenters. The van der Waals surface area contributed by atoms with Gasteiger partial charge in [0.2, 0.25) is 0 Å². The Balaban J connectivity index is 3.85. The van der Waals surface area contributed by atoms with Gasteiger partial charge in [0.05, 0.1) is 0 Å². The maximum atomic E-state index is 2.32. The normalized spacial score (nSPS) is 11.4. The highest BCUT2D eigenvalue weighted by atomic mass is 14.0. The lowest BCUT2D eigenvalue weighted by atomic mass is 9.41. The van der Waals surface area contributed by atoms with Crippen molar-refractivity contribution in [2.24, 2.45) is 0 Å². The molecule has 0 aliphatic heterocycles. The first kappa shape index (κ1) is 34.1. The lowest BCUT2D eigenvalue weighted by Crippen LogP contribution is -2.12. The van der Waals surface area contributed by atoms with E-state index in [-0.39, 0.29) is 0 Å². The lowest BCUT2D eigenvalue weighted by Gasteiger charge is -2.14. The van der Waals surface area contributed by atoms with Crippen LogP contribution in [0.15, 0.2) is 0 Å². The monoisotopic (exact) mass is 477 g/mol. The topological polar surface area (TPSA) is 0 Å². The molecule has 0 aromatic rings. The molecule has 0 aromatic carbocycles. The summed E-state index contributed by atoms with van der Waals surface area (Å²) in [7, 11) is 0. The van der Waals surface area contributed by atoms with Crippen molar-refractivity contribution >= 4 is 6.71 Å². The third kappa shape index (κ3) is 28.3. The first-order valence-electron chi connectivity index (χ1n) is 16.8. The number of hydrogen-bond acceptors (Lipinski definition) is 0. The molecule has 0 rings (SSSR count). The maximum absolute atomic E-state index is 2.32. The van der Waals surface area contributed by atoms with E-state index in [0.717, 1.165) is 6.71 Å². The number of rotatable bonds is 30. The molecule has 0 fully saturated rings. The fourth-order valence-corrected chi connectivity index (χ4v) is 5.66. The Morgan fingerprint density at radius 3 is 0.618 bits per heavy atom. The zero-order valence-electron chi connectivity index (χ0n) is 24.8. The first-order valence-corrected chi connectivity index (χ1v) is 16.8. The molecule has 0 nitrogen and oxygen atoms in total. The fraction of sp³-hybridized carbons (Fsp3) is 1.00. The van der Waals surface area contributed by atoms with Crippen LogP contribution in [0.1, 0.15) is 194 Å². The summed E-state index contributed by atoms with van der Waals surface area (Å²) >= 11 is 0. The van der Waals surface area contributed by atoms with Crippen LogP contribution >= 0.6 is 0 Å². The summed E-state index contributed by atoms with van der Waals surface area (Å²) in [6.45, 7) is 8.00. The third-order valence-corrected chi connectivity index (χ3v) is 8.15. The van der Waals surface area contributed by atoms with Crippen molar-refractivity contribution in [1.29, 1.82) is 0 Å². The van der Waals surface area contributed by atoms with Gasteiger partial charge in [0, 0.05) is 0 Å². The Morgan fingerprint density at radius 2 is 0.412 bits per heavy atom. The molecule has 0 aliphatic rings. The average molecular weight is 477 g/mol. The molecule has 1 heteroatoms. The SMILES string of the molecule is CCCCCCCCCCCB(CCCCCCCCCCC)CCCCCCCCCCC. The Hall–Kier alpha value is 0.0649. The summed E-state index contributed by atoms with van der Waals surface area (Å²) in [4.78, 5) is 0. The van der Waals surface area contributed by atoms with Gasteiger partial charge in [0.25, 0.3) is 0 Å². The lowest BCUT2D eigenvalue weighted by molar-refractivity contribution is 0.566. The van der Waals surface area contributed by atoms with Crippen LogP contribution in [0.2, 0.25) is 19.0 Å². The Bertz CT molecular complexity index is 287. The van der Waals surface area contributed by atoms with Gasteiger partial charge >= 0.3 is 0 Å². The van der Waals surface area contributed by atoms with E-state index in [1.54, 1.807) is 0 Å². The van der Waals surface area contributed by atoms with Crippen LogP contribution in [-0.4, -0.2) is 6.71 Å². The van der Waals surface area contributed by atoms with Crippen molar-refractivity contribution in [3.05, 3.63) is 0 Å². The highest BCUT2D eigenvalue weighted by molar-refractivity contribution is 6.58. The van der Waals surface area contributed by atoms with Gasteiger partial charge in [0.15, 0.2) is 0 Å². The summed E-state index contributed by atoms with van der Waals surface area (Å²) < 4.78 is 0. The summed E-state index contributed by atoms with van der Waals surface area (Å²) in [5.41, 5.74) is 0. The Labute approximate surface area is 219 Å². The van der Waals surface area contributed by atoms with Crippen LogP contribution in [0.4, 0.5) is 0 Å². The number of hydrogen-bond donors (Lipinski definition) is 0. The van der Waals surface area contributed by atoms with E-state index in [4.69, 9.17) is 0 Å². The van der Waals surface area contributed by atoms with Crippen LogP contribution in [0.25, 0.3) is 0 Å². The highest BCUT2D eigenvalue weighted by Crippen LogP contribution is 2.21. The smallest absolute Gasteiger partial charge is 0.0741 e. The molecule has 0 amide bonds. The van der Waals surface area contributed by atoms with Crippen LogP contribution < -0.4 is 0 Å². The first-order chi connectivity index (χ1) is 16.8. The van der Waals surface area contributed by atoms with E-state index in [2.05, 4.69) is 20.8 Å². The fourth-order valence-electron chi connectivity index (χ4n) is 5.66. The van der Waals surface area contributed by atoms with Gasteiger partial charge in [-0.3, -0.25) is 0 Å². The minimum absolute atomic E-state index is 1.04. The number of unbranched alkanes of at least 4 members (excludes halogenated alkanes) is 24. The second-order valence-electron chi connectivity index (χ2n) is 11.7. The van der Waals surface area contributed by atoms with Crippen LogP contribution in [0.5, 0.6) is 0 Å². The Morgan fingerprint density at radius 1 is 0.235 bits per heavy atom. The predicted octanol–water partition coefficient (Wildman–Crippen LogP) is 13.1. The van der Waals surface area contributed by atoms with Crippen molar-refractivity contribution < 1.29 is 0 Å². The van der Waals surface area contributed by atoms with Gasteiger partial charge in [-0.1, -0.05) is 213 Å². The van der Waals surface area contributed by atoms with E-state index in [1.165, 1.54) is 192 Å². The molecular formula is C33H69B. The van der Waals surface area contributed by atoms with Crippen LogP contribution in [0.3, 0.4) is 0 Å². The Kier molecular flexibility index (Phi) is 31.2. The van der Waals surface area contributed by atoms with Crippen LogP contribution in [0, 0.1) is 0 Å². The zero-order valence-corrected chi connectivity index (χ0v) is 24.8. The van der Waals surface area contributed by atoms with E-state index in [0.29, 0.717) is 0 Å². The average Bonchev–Trinajstić information content (AvgIpc) is 2.85. The van der Waals surface area contributed by atoms with Gasteiger partial charge < -0.3 is 0 Å². The van der Waals surface area contributed by atoms with Gasteiger partial charge in [-0.05, 0) is 0 Å². The summed E-state index contributed by atoms with van der Waals surface area (Å²) in [5.74, 6) is 0. The van der Waals surface area contributed by atoms with Crippen molar-refractivity contribution in [3.63, 3.8) is 0 Å². The summed E-state index contributed by atoms with van der Waals surface area (Å²) in [5, 5.41) is 0. The molecular weight excluding hydrogens is 407 g/mol.